The van der Waals surface area contributed by atoms with Gasteiger partial charge in [0.1, 0.15) is 11.4 Å². The summed E-state index contributed by atoms with van der Waals surface area (Å²) in [4.78, 5) is 13.1. The van der Waals surface area contributed by atoms with Crippen LogP contribution in [0.15, 0.2) is 65.7 Å². The molecule has 1 N–H and O–H groups in total. The number of amides is 1. The van der Waals surface area contributed by atoms with Crippen LogP contribution in [0.2, 0.25) is 0 Å². The van der Waals surface area contributed by atoms with E-state index in [1.165, 1.54) is 36.2 Å². The van der Waals surface area contributed by atoms with Crippen LogP contribution in [0, 0.1) is 5.82 Å². The van der Waals surface area contributed by atoms with Gasteiger partial charge in [0.2, 0.25) is 0 Å². The van der Waals surface area contributed by atoms with Crippen molar-refractivity contribution in [3.63, 3.8) is 0 Å². The van der Waals surface area contributed by atoms with Crippen molar-refractivity contribution in [2.75, 3.05) is 11.8 Å². The van der Waals surface area contributed by atoms with E-state index in [0.717, 1.165) is 40.5 Å². The van der Waals surface area contributed by atoms with Crippen molar-refractivity contribution in [2.45, 2.75) is 49.7 Å². The molecule has 0 saturated heterocycles. The molecule has 0 saturated carbocycles. The van der Waals surface area contributed by atoms with E-state index in [2.05, 4.69) is 0 Å². The summed E-state index contributed by atoms with van der Waals surface area (Å²) in [6, 6.07) is 10.8. The van der Waals surface area contributed by atoms with Gasteiger partial charge in [0.05, 0.1) is 17.1 Å². The Labute approximate surface area is 229 Å². The third-order valence-corrected chi connectivity index (χ3v) is 8.25. The van der Waals surface area contributed by atoms with Crippen LogP contribution >= 0.6 is 0 Å². The number of aromatic nitrogens is 1. The Hall–Kier alpha value is -3.59. The highest BCUT2D eigenvalue weighted by molar-refractivity contribution is 7.93. The van der Waals surface area contributed by atoms with Crippen molar-refractivity contribution in [3.05, 3.63) is 72.2 Å². The van der Waals surface area contributed by atoms with E-state index in [-0.39, 0.29) is 23.4 Å². The molecule has 9 nitrogen and oxygen atoms in total. The van der Waals surface area contributed by atoms with Gasteiger partial charge in [0.15, 0.2) is 0 Å². The molecular weight excluding hydrogens is 578 g/mol. The lowest BCUT2D eigenvalue weighted by molar-refractivity contribution is 0.0285. The lowest BCUT2D eigenvalue weighted by atomic mass is 10.1. The number of benzene rings is 2. The summed E-state index contributed by atoms with van der Waals surface area (Å²) < 4.78 is 112. The largest absolute Gasteiger partial charge is 0.444 e. The van der Waals surface area contributed by atoms with Crippen molar-refractivity contribution in [1.82, 2.24) is 8.87 Å². The average Bonchev–Trinajstić information content (AvgIpc) is 3.27. The monoisotopic (exact) mass is 605 g/mol. The van der Waals surface area contributed by atoms with Crippen LogP contribution in [0.3, 0.4) is 0 Å². The third kappa shape index (κ3) is 7.13. The van der Waals surface area contributed by atoms with Crippen LogP contribution < -0.4 is 4.72 Å². The average molecular weight is 606 g/mol. The zero-order valence-electron chi connectivity index (χ0n) is 21.8. The number of alkyl halides is 3. The van der Waals surface area contributed by atoms with Gasteiger partial charge in [-0.1, -0.05) is 18.2 Å². The standard InChI is InChI=1S/C25H27F4N3O6S2/c1-25(2,3)38-24(33)31(4)14-16-12-21(19-10-5-6-11-20(19)26)32(15-16)40(36,37)18-9-7-8-17(13-18)30-39(34,35)23(29)22(27)28/h5-13,15,22-23,30H,14H2,1-4H3. The molecule has 0 aliphatic rings. The van der Waals surface area contributed by atoms with Crippen molar-refractivity contribution >= 4 is 31.8 Å². The van der Waals surface area contributed by atoms with E-state index in [4.69, 9.17) is 4.74 Å². The van der Waals surface area contributed by atoms with E-state index in [1.807, 2.05) is 0 Å². The number of carbonyl (C=O) groups excluding carboxylic acids is 1. The molecular formula is C25H27F4N3O6S2. The molecule has 0 aliphatic carbocycles. The minimum absolute atomic E-state index is 0.0914. The molecule has 1 heterocycles. The molecule has 15 heteroatoms. The summed E-state index contributed by atoms with van der Waals surface area (Å²) in [5, 5.41) is 0. The van der Waals surface area contributed by atoms with E-state index in [9.17, 15) is 39.2 Å². The Morgan fingerprint density at radius 3 is 2.27 bits per heavy atom. The van der Waals surface area contributed by atoms with E-state index in [0.29, 0.717) is 0 Å². The highest BCUT2D eigenvalue weighted by Crippen LogP contribution is 2.31. The lowest BCUT2D eigenvalue weighted by Gasteiger charge is -2.24. The normalized spacial score (nSPS) is 13.2. The highest BCUT2D eigenvalue weighted by atomic mass is 32.2. The summed E-state index contributed by atoms with van der Waals surface area (Å²) in [5.74, 6) is -0.744. The smallest absolute Gasteiger partial charge is 0.410 e. The number of anilines is 1. The van der Waals surface area contributed by atoms with Crippen LogP contribution in [0.4, 0.5) is 28.0 Å². The molecule has 1 aromatic heterocycles. The Morgan fingerprint density at radius 2 is 1.68 bits per heavy atom. The second-order valence-corrected chi connectivity index (χ2v) is 13.3. The number of hydrogen-bond acceptors (Lipinski definition) is 6. The van der Waals surface area contributed by atoms with E-state index >= 15 is 0 Å². The second kappa shape index (κ2) is 11.5. The van der Waals surface area contributed by atoms with Gasteiger partial charge >= 0.3 is 6.09 Å². The van der Waals surface area contributed by atoms with Crippen LogP contribution in [0.25, 0.3) is 11.3 Å². The summed E-state index contributed by atoms with van der Waals surface area (Å²) in [6.45, 7) is 4.90. The fraction of sp³-hybridized carbons (Fsp3) is 0.320. The molecule has 1 atom stereocenters. The molecule has 0 spiro atoms. The number of ether oxygens (including phenoxy) is 1. The molecule has 0 fully saturated rings. The topological polar surface area (TPSA) is 115 Å². The first kappa shape index (κ1) is 30.9. The van der Waals surface area contributed by atoms with Crippen molar-refractivity contribution in [1.29, 1.82) is 0 Å². The maximum atomic E-state index is 14.8. The first-order valence-corrected chi connectivity index (χ1v) is 14.6. The summed E-state index contributed by atoms with van der Waals surface area (Å²) in [6.07, 6.45) is -3.36. The molecule has 40 heavy (non-hydrogen) atoms. The quantitative estimate of drug-likeness (QED) is 0.336. The number of nitrogens with one attached hydrogen (secondary N) is 1. The van der Waals surface area contributed by atoms with Crippen LogP contribution in [-0.4, -0.2) is 56.4 Å². The molecule has 0 bridgehead atoms. The highest BCUT2D eigenvalue weighted by Gasteiger charge is 2.34. The molecule has 1 unspecified atom stereocenters. The van der Waals surface area contributed by atoms with E-state index < -0.39 is 60.1 Å². The lowest BCUT2D eigenvalue weighted by Crippen LogP contribution is -2.33. The molecule has 218 valence electrons. The first-order valence-electron chi connectivity index (χ1n) is 11.6. The predicted molar refractivity (Wildman–Crippen MR) is 140 cm³/mol. The number of sulfonamides is 1. The van der Waals surface area contributed by atoms with Crippen LogP contribution in [0.1, 0.15) is 26.3 Å². The maximum Gasteiger partial charge on any atom is 0.410 e. The maximum absolute atomic E-state index is 14.8. The van der Waals surface area contributed by atoms with Crippen molar-refractivity contribution in [2.24, 2.45) is 0 Å². The van der Waals surface area contributed by atoms with Crippen LogP contribution in [0.5, 0.6) is 0 Å². The fourth-order valence-corrected chi connectivity index (χ4v) is 5.79. The van der Waals surface area contributed by atoms with Gasteiger partial charge in [-0.2, -0.15) is 0 Å². The van der Waals surface area contributed by atoms with Gasteiger partial charge in [-0.3, -0.25) is 4.72 Å². The molecule has 0 aliphatic heterocycles. The Bertz CT molecular complexity index is 1600. The summed E-state index contributed by atoms with van der Waals surface area (Å²) >= 11 is 0. The SMILES string of the molecule is CN(Cc1cc(-c2ccccc2F)n(S(=O)(=O)c2cccc(NS(=O)(=O)C(F)C(F)F)c2)c1)C(=O)OC(C)(C)C. The number of rotatable bonds is 9. The van der Waals surface area contributed by atoms with Crippen LogP contribution in [-0.2, 0) is 31.3 Å². The number of carbonyl (C=O) groups is 1. The second-order valence-electron chi connectivity index (χ2n) is 9.71. The van der Waals surface area contributed by atoms with Gasteiger partial charge < -0.3 is 9.64 Å². The number of halogens is 4. The van der Waals surface area contributed by atoms with Crippen molar-refractivity contribution < 1.29 is 43.9 Å². The van der Waals surface area contributed by atoms with Gasteiger partial charge in [-0.25, -0.2) is 43.2 Å². The van der Waals surface area contributed by atoms with Gasteiger partial charge in [-0.15, -0.1) is 0 Å². The first-order chi connectivity index (χ1) is 18.4. The van der Waals surface area contributed by atoms with Gasteiger partial charge in [0, 0.05) is 24.5 Å². The molecule has 0 radical (unpaired) electrons. The fourth-order valence-electron chi connectivity index (χ4n) is 3.52. The summed E-state index contributed by atoms with van der Waals surface area (Å²) in [5.41, 5.74) is -4.75. The van der Waals surface area contributed by atoms with E-state index in [1.54, 1.807) is 25.5 Å². The summed E-state index contributed by atoms with van der Waals surface area (Å²) in [7, 11) is -8.34. The Kier molecular flexibility index (Phi) is 8.89. The Morgan fingerprint density at radius 1 is 1.02 bits per heavy atom. The Balaban J connectivity index is 2.07. The third-order valence-electron chi connectivity index (χ3n) is 5.26. The van der Waals surface area contributed by atoms with Crippen molar-refractivity contribution in [3.8, 4) is 11.3 Å². The number of nitrogens with zero attached hydrogens (tertiary/aromatic N) is 2. The minimum Gasteiger partial charge on any atom is -0.444 e. The molecule has 1 amide bonds. The molecule has 2 aromatic carbocycles. The number of hydrogen-bond donors (Lipinski definition) is 1. The minimum atomic E-state index is -5.19. The zero-order valence-corrected chi connectivity index (χ0v) is 23.4. The zero-order chi connectivity index (χ0) is 30.0. The van der Waals surface area contributed by atoms with Gasteiger partial charge in [-0.05, 0) is 62.7 Å². The molecule has 3 rings (SSSR count). The molecule has 3 aromatic rings. The predicted octanol–water partition coefficient (Wildman–Crippen LogP) is 5.20. The van der Waals surface area contributed by atoms with Gasteiger partial charge in [0.25, 0.3) is 32.0 Å².